The molecular formula is C16H17N5O3. The Bertz CT molecular complexity index is 758. The summed E-state index contributed by atoms with van der Waals surface area (Å²) in [4.78, 5) is 31.0. The minimum atomic E-state index is -0.573. The number of nitro groups is 1. The molecule has 2 N–H and O–H groups in total. The molecule has 8 nitrogen and oxygen atoms in total. The van der Waals surface area contributed by atoms with Gasteiger partial charge in [0.2, 0.25) is 0 Å². The normalized spacial score (nSPS) is 14.5. The number of benzene rings is 1. The van der Waals surface area contributed by atoms with Crippen LogP contribution in [0.1, 0.15) is 10.4 Å². The standard InChI is InChI=1S/C16H17N5O3/c17-13-2-1-3-14(21(23)24)15(13)16(22)20-10-8-19(9-11-20)12-4-6-18-7-5-12/h1-7H,8-11,17H2. The van der Waals surface area contributed by atoms with Gasteiger partial charge in [0.15, 0.2) is 0 Å². The van der Waals surface area contributed by atoms with Crippen LogP contribution in [0.5, 0.6) is 0 Å². The lowest BCUT2D eigenvalue weighted by Crippen LogP contribution is -2.49. The average molecular weight is 327 g/mol. The fraction of sp³-hybridized carbons (Fsp3) is 0.250. The van der Waals surface area contributed by atoms with Crippen molar-refractivity contribution in [1.82, 2.24) is 9.88 Å². The Hall–Kier alpha value is -3.16. The predicted octanol–water partition coefficient (Wildman–Crippen LogP) is 1.53. The highest BCUT2D eigenvalue weighted by molar-refractivity contribution is 6.03. The Morgan fingerprint density at radius 1 is 1.12 bits per heavy atom. The second-order valence-electron chi connectivity index (χ2n) is 5.48. The predicted molar refractivity (Wildman–Crippen MR) is 89.9 cm³/mol. The summed E-state index contributed by atoms with van der Waals surface area (Å²) in [6.07, 6.45) is 3.45. The van der Waals surface area contributed by atoms with Gasteiger partial charge in [0, 0.05) is 50.3 Å². The van der Waals surface area contributed by atoms with Crippen LogP contribution in [-0.4, -0.2) is 46.9 Å². The minimum absolute atomic E-state index is 0.0279. The maximum atomic E-state index is 12.7. The molecule has 0 bridgehead atoms. The molecule has 0 saturated carbocycles. The van der Waals surface area contributed by atoms with Crippen LogP contribution in [-0.2, 0) is 0 Å². The molecule has 3 rings (SSSR count). The smallest absolute Gasteiger partial charge is 0.284 e. The number of hydrogen-bond acceptors (Lipinski definition) is 6. The zero-order valence-electron chi connectivity index (χ0n) is 13.0. The molecule has 1 aliphatic heterocycles. The number of nitrogens with two attached hydrogens (primary N) is 1. The molecule has 0 radical (unpaired) electrons. The lowest BCUT2D eigenvalue weighted by Gasteiger charge is -2.36. The van der Waals surface area contributed by atoms with Gasteiger partial charge in [-0.15, -0.1) is 0 Å². The second kappa shape index (κ2) is 6.53. The third kappa shape index (κ3) is 2.98. The molecule has 1 aliphatic rings. The molecule has 0 atom stereocenters. The maximum Gasteiger partial charge on any atom is 0.284 e. The second-order valence-corrected chi connectivity index (χ2v) is 5.48. The number of nitrogen functional groups attached to an aromatic ring is 1. The lowest BCUT2D eigenvalue weighted by atomic mass is 10.1. The van der Waals surface area contributed by atoms with Crippen LogP contribution in [0.25, 0.3) is 0 Å². The fourth-order valence-corrected chi connectivity index (χ4v) is 2.82. The number of anilines is 2. The Balaban J connectivity index is 1.76. The first kappa shape index (κ1) is 15.7. The van der Waals surface area contributed by atoms with Gasteiger partial charge in [-0.05, 0) is 18.2 Å². The van der Waals surface area contributed by atoms with Gasteiger partial charge in [-0.2, -0.15) is 0 Å². The van der Waals surface area contributed by atoms with Gasteiger partial charge >= 0.3 is 0 Å². The maximum absolute atomic E-state index is 12.7. The van der Waals surface area contributed by atoms with Crippen molar-refractivity contribution in [3.8, 4) is 0 Å². The minimum Gasteiger partial charge on any atom is -0.398 e. The molecule has 2 aromatic rings. The van der Waals surface area contributed by atoms with Crippen LogP contribution in [0.3, 0.4) is 0 Å². The quantitative estimate of drug-likeness (QED) is 0.521. The highest BCUT2D eigenvalue weighted by Gasteiger charge is 2.29. The zero-order valence-corrected chi connectivity index (χ0v) is 13.0. The summed E-state index contributed by atoms with van der Waals surface area (Å²) >= 11 is 0. The SMILES string of the molecule is Nc1cccc([N+](=O)[O-])c1C(=O)N1CCN(c2ccncc2)CC1. The number of carbonyl (C=O) groups is 1. The van der Waals surface area contributed by atoms with E-state index in [-0.39, 0.29) is 16.9 Å². The summed E-state index contributed by atoms with van der Waals surface area (Å²) in [5, 5.41) is 11.2. The van der Waals surface area contributed by atoms with E-state index in [0.717, 1.165) is 5.69 Å². The number of piperazine rings is 1. The Kier molecular flexibility index (Phi) is 4.28. The van der Waals surface area contributed by atoms with E-state index >= 15 is 0 Å². The number of rotatable bonds is 3. The summed E-state index contributed by atoms with van der Waals surface area (Å²) in [6.45, 7) is 2.26. The monoisotopic (exact) mass is 327 g/mol. The summed E-state index contributed by atoms with van der Waals surface area (Å²) in [6, 6.07) is 8.12. The van der Waals surface area contributed by atoms with Gasteiger partial charge in [0.1, 0.15) is 5.56 Å². The van der Waals surface area contributed by atoms with Gasteiger partial charge < -0.3 is 15.5 Å². The highest BCUT2D eigenvalue weighted by Crippen LogP contribution is 2.26. The van der Waals surface area contributed by atoms with Crippen molar-refractivity contribution in [1.29, 1.82) is 0 Å². The molecule has 124 valence electrons. The van der Waals surface area contributed by atoms with E-state index in [2.05, 4.69) is 9.88 Å². The third-order valence-corrected chi connectivity index (χ3v) is 4.08. The van der Waals surface area contributed by atoms with Crippen molar-refractivity contribution in [3.05, 3.63) is 58.4 Å². The van der Waals surface area contributed by atoms with E-state index in [9.17, 15) is 14.9 Å². The molecule has 1 fully saturated rings. The lowest BCUT2D eigenvalue weighted by molar-refractivity contribution is -0.385. The number of amides is 1. The zero-order chi connectivity index (χ0) is 17.1. The molecule has 0 spiro atoms. The van der Waals surface area contributed by atoms with Crippen LogP contribution < -0.4 is 10.6 Å². The summed E-state index contributed by atoms with van der Waals surface area (Å²) in [7, 11) is 0. The molecular weight excluding hydrogens is 310 g/mol. The van der Waals surface area contributed by atoms with Crippen molar-refractivity contribution < 1.29 is 9.72 Å². The first-order valence-corrected chi connectivity index (χ1v) is 7.55. The first-order valence-electron chi connectivity index (χ1n) is 7.55. The van der Waals surface area contributed by atoms with Crippen molar-refractivity contribution >= 4 is 23.0 Å². The molecule has 1 saturated heterocycles. The summed E-state index contributed by atoms with van der Waals surface area (Å²) in [5.41, 5.74) is 6.71. The van der Waals surface area contributed by atoms with E-state index < -0.39 is 10.8 Å². The molecule has 1 amide bonds. The van der Waals surface area contributed by atoms with Crippen molar-refractivity contribution in [2.75, 3.05) is 36.8 Å². The third-order valence-electron chi connectivity index (χ3n) is 4.08. The number of hydrogen-bond donors (Lipinski definition) is 1. The van der Waals surface area contributed by atoms with Gasteiger partial charge in [-0.1, -0.05) is 6.07 Å². The Morgan fingerprint density at radius 2 is 1.79 bits per heavy atom. The van der Waals surface area contributed by atoms with Gasteiger partial charge in [0.05, 0.1) is 10.6 Å². The van der Waals surface area contributed by atoms with Gasteiger partial charge in [-0.25, -0.2) is 0 Å². The van der Waals surface area contributed by atoms with Crippen LogP contribution >= 0.6 is 0 Å². The van der Waals surface area contributed by atoms with E-state index in [1.54, 1.807) is 17.3 Å². The molecule has 0 aliphatic carbocycles. The molecule has 1 aromatic carbocycles. The molecule has 0 unspecified atom stereocenters. The van der Waals surface area contributed by atoms with Crippen LogP contribution in [0.15, 0.2) is 42.7 Å². The largest absolute Gasteiger partial charge is 0.398 e. The van der Waals surface area contributed by atoms with E-state index in [1.165, 1.54) is 18.2 Å². The fourth-order valence-electron chi connectivity index (χ4n) is 2.82. The van der Waals surface area contributed by atoms with E-state index in [1.807, 2.05) is 12.1 Å². The molecule has 1 aromatic heterocycles. The number of aromatic nitrogens is 1. The Morgan fingerprint density at radius 3 is 2.42 bits per heavy atom. The Labute approximate surface area is 138 Å². The van der Waals surface area contributed by atoms with Crippen LogP contribution in [0, 0.1) is 10.1 Å². The molecule has 24 heavy (non-hydrogen) atoms. The van der Waals surface area contributed by atoms with Crippen LogP contribution in [0.2, 0.25) is 0 Å². The number of nitro benzene ring substituents is 1. The summed E-state index contributed by atoms with van der Waals surface area (Å²) in [5.74, 6) is -0.394. The highest BCUT2D eigenvalue weighted by atomic mass is 16.6. The molecule has 2 heterocycles. The van der Waals surface area contributed by atoms with Gasteiger partial charge in [0.25, 0.3) is 11.6 Å². The van der Waals surface area contributed by atoms with E-state index in [0.29, 0.717) is 26.2 Å². The van der Waals surface area contributed by atoms with Crippen LogP contribution in [0.4, 0.5) is 17.1 Å². The van der Waals surface area contributed by atoms with Crippen molar-refractivity contribution in [2.45, 2.75) is 0 Å². The topological polar surface area (TPSA) is 106 Å². The average Bonchev–Trinajstić information content (AvgIpc) is 2.62. The first-order chi connectivity index (χ1) is 11.6. The van der Waals surface area contributed by atoms with Crippen molar-refractivity contribution in [2.24, 2.45) is 0 Å². The van der Waals surface area contributed by atoms with E-state index in [4.69, 9.17) is 5.73 Å². The number of pyridine rings is 1. The summed E-state index contributed by atoms with van der Waals surface area (Å²) < 4.78 is 0. The van der Waals surface area contributed by atoms with Gasteiger partial charge in [-0.3, -0.25) is 19.9 Å². The van der Waals surface area contributed by atoms with Crippen molar-refractivity contribution in [3.63, 3.8) is 0 Å². The molecule has 8 heteroatoms. The number of nitrogens with zero attached hydrogens (tertiary/aromatic N) is 4. The number of carbonyl (C=O) groups excluding carboxylic acids is 1.